The van der Waals surface area contributed by atoms with Gasteiger partial charge in [0, 0.05) is 51.2 Å². The second-order valence-corrected chi connectivity index (χ2v) is 7.43. The van der Waals surface area contributed by atoms with E-state index in [2.05, 4.69) is 27.3 Å². The van der Waals surface area contributed by atoms with E-state index in [4.69, 9.17) is 0 Å². The summed E-state index contributed by atoms with van der Waals surface area (Å²) in [5, 5.41) is 2.77. The number of pyridine rings is 1. The van der Waals surface area contributed by atoms with Gasteiger partial charge in [0.25, 0.3) is 5.91 Å². The molecule has 2 aliphatic heterocycles. The molecular weight excluding hydrogens is 382 g/mol. The van der Waals surface area contributed by atoms with E-state index in [0.29, 0.717) is 26.2 Å². The van der Waals surface area contributed by atoms with Crippen LogP contribution in [0.1, 0.15) is 16.9 Å². The third-order valence-electron chi connectivity index (χ3n) is 5.60. The lowest BCUT2D eigenvalue weighted by Gasteiger charge is -2.38. The zero-order valence-electron chi connectivity index (χ0n) is 16.7. The summed E-state index contributed by atoms with van der Waals surface area (Å²) in [5.74, 6) is -0.720. The smallest absolute Gasteiger partial charge is 0.273 e. The Morgan fingerprint density at radius 2 is 1.70 bits per heavy atom. The zero-order valence-corrected chi connectivity index (χ0v) is 16.7. The van der Waals surface area contributed by atoms with Gasteiger partial charge < -0.3 is 20.0 Å². The third kappa shape index (κ3) is 4.27. The van der Waals surface area contributed by atoms with E-state index in [9.17, 15) is 14.4 Å². The maximum absolute atomic E-state index is 12.9. The summed E-state index contributed by atoms with van der Waals surface area (Å²) in [7, 11) is 0. The number of piperazine rings is 2. The molecule has 8 heteroatoms. The van der Waals surface area contributed by atoms with Crippen molar-refractivity contribution in [3.8, 4) is 0 Å². The molecule has 0 aliphatic carbocycles. The second-order valence-electron chi connectivity index (χ2n) is 7.43. The average Bonchev–Trinajstić information content (AvgIpc) is 2.81. The van der Waals surface area contributed by atoms with Crippen LogP contribution in [0.5, 0.6) is 0 Å². The van der Waals surface area contributed by atoms with E-state index in [1.165, 1.54) is 4.90 Å². The maximum atomic E-state index is 12.9. The Morgan fingerprint density at radius 3 is 2.40 bits per heavy atom. The highest BCUT2D eigenvalue weighted by atomic mass is 16.2. The molecule has 3 amide bonds. The fraction of sp³-hybridized carbons (Fsp3) is 0.364. The van der Waals surface area contributed by atoms with Crippen molar-refractivity contribution < 1.29 is 14.4 Å². The minimum absolute atomic E-state index is 0.0181. The highest BCUT2D eigenvalue weighted by Gasteiger charge is 2.37. The first kappa shape index (κ1) is 19.9. The highest BCUT2D eigenvalue weighted by Crippen LogP contribution is 2.18. The largest absolute Gasteiger partial charge is 0.368 e. The van der Waals surface area contributed by atoms with Gasteiger partial charge in [-0.3, -0.25) is 19.4 Å². The van der Waals surface area contributed by atoms with Gasteiger partial charge in [0.15, 0.2) is 0 Å². The normalized spacial score (nSPS) is 19.4. The van der Waals surface area contributed by atoms with E-state index in [1.807, 2.05) is 18.2 Å². The fourth-order valence-corrected chi connectivity index (χ4v) is 3.94. The first-order valence-corrected chi connectivity index (χ1v) is 10.2. The molecule has 1 atom stereocenters. The van der Waals surface area contributed by atoms with Crippen molar-refractivity contribution in [1.29, 1.82) is 0 Å². The molecule has 1 N–H and O–H groups in total. The van der Waals surface area contributed by atoms with Crippen LogP contribution in [-0.2, 0) is 9.59 Å². The second kappa shape index (κ2) is 8.94. The monoisotopic (exact) mass is 407 g/mol. The van der Waals surface area contributed by atoms with Crippen LogP contribution in [0.2, 0.25) is 0 Å². The topological polar surface area (TPSA) is 85.8 Å². The number of carbonyl (C=O) groups excluding carboxylic acids is 3. The number of hydrogen-bond donors (Lipinski definition) is 1. The number of nitrogens with one attached hydrogen (secondary N) is 1. The Balaban J connectivity index is 1.39. The number of benzene rings is 1. The van der Waals surface area contributed by atoms with Crippen LogP contribution in [0.3, 0.4) is 0 Å². The molecule has 0 unspecified atom stereocenters. The van der Waals surface area contributed by atoms with Crippen LogP contribution in [0.15, 0.2) is 54.7 Å². The molecule has 0 radical (unpaired) electrons. The summed E-state index contributed by atoms with van der Waals surface area (Å²) in [5.41, 5.74) is 1.42. The minimum atomic E-state index is -0.812. The number of rotatable bonds is 4. The number of hydrogen-bond acceptors (Lipinski definition) is 5. The van der Waals surface area contributed by atoms with Crippen LogP contribution in [0.4, 0.5) is 5.69 Å². The Bertz CT molecular complexity index is 898. The number of amides is 3. The van der Waals surface area contributed by atoms with E-state index < -0.39 is 6.04 Å². The quantitative estimate of drug-likeness (QED) is 0.809. The summed E-state index contributed by atoms with van der Waals surface area (Å²) in [6, 6.07) is 14.4. The Labute approximate surface area is 175 Å². The lowest BCUT2D eigenvalue weighted by atomic mass is 10.1. The van der Waals surface area contributed by atoms with E-state index in [0.717, 1.165) is 18.8 Å². The van der Waals surface area contributed by atoms with Crippen molar-refractivity contribution in [2.75, 3.05) is 44.2 Å². The van der Waals surface area contributed by atoms with Gasteiger partial charge in [-0.15, -0.1) is 0 Å². The van der Waals surface area contributed by atoms with Crippen LogP contribution >= 0.6 is 0 Å². The first-order valence-electron chi connectivity index (χ1n) is 10.2. The Morgan fingerprint density at radius 1 is 0.967 bits per heavy atom. The predicted octanol–water partition coefficient (Wildman–Crippen LogP) is 0.761. The van der Waals surface area contributed by atoms with Gasteiger partial charge >= 0.3 is 0 Å². The van der Waals surface area contributed by atoms with E-state index in [-0.39, 0.29) is 29.8 Å². The number of aromatic nitrogens is 1. The minimum Gasteiger partial charge on any atom is -0.368 e. The molecule has 3 heterocycles. The molecular formula is C22H25N5O3. The van der Waals surface area contributed by atoms with Gasteiger partial charge in [0.1, 0.15) is 11.7 Å². The third-order valence-corrected chi connectivity index (χ3v) is 5.60. The van der Waals surface area contributed by atoms with Gasteiger partial charge in [-0.05, 0) is 24.3 Å². The van der Waals surface area contributed by atoms with Crippen LogP contribution in [0.25, 0.3) is 0 Å². The Kier molecular flexibility index (Phi) is 5.92. The molecule has 2 aliphatic rings. The van der Waals surface area contributed by atoms with E-state index in [1.54, 1.807) is 29.3 Å². The lowest BCUT2D eigenvalue weighted by molar-refractivity contribution is -0.138. The lowest BCUT2D eigenvalue weighted by Crippen LogP contribution is -2.59. The average molecular weight is 407 g/mol. The number of nitrogens with zero attached hydrogens (tertiary/aromatic N) is 4. The molecule has 2 fully saturated rings. The standard InChI is InChI=1S/C22H25N5O3/c28-20(26-14-12-25(13-15-26)17-6-2-1-3-7-17)16-19-21(29)24-10-11-27(19)22(30)18-8-4-5-9-23-18/h1-9,19H,10-16H2,(H,24,29)/t19-/m0/s1. The Hall–Kier alpha value is -3.42. The number of anilines is 1. The van der Waals surface area contributed by atoms with Crippen molar-refractivity contribution in [1.82, 2.24) is 20.1 Å². The fourth-order valence-electron chi connectivity index (χ4n) is 3.94. The van der Waals surface area contributed by atoms with Crippen molar-refractivity contribution in [3.05, 3.63) is 60.4 Å². The van der Waals surface area contributed by atoms with Gasteiger partial charge in [-0.1, -0.05) is 24.3 Å². The zero-order chi connectivity index (χ0) is 20.9. The molecule has 0 saturated carbocycles. The number of para-hydroxylation sites is 1. The maximum Gasteiger partial charge on any atom is 0.273 e. The molecule has 156 valence electrons. The summed E-state index contributed by atoms with van der Waals surface area (Å²) in [6.07, 6.45) is 1.53. The number of carbonyl (C=O) groups is 3. The molecule has 0 spiro atoms. The van der Waals surface area contributed by atoms with Crippen molar-refractivity contribution >= 4 is 23.4 Å². The summed E-state index contributed by atoms with van der Waals surface area (Å²) < 4.78 is 0. The van der Waals surface area contributed by atoms with Gasteiger partial charge in [0.2, 0.25) is 11.8 Å². The van der Waals surface area contributed by atoms with Crippen molar-refractivity contribution in [3.63, 3.8) is 0 Å². The highest BCUT2D eigenvalue weighted by molar-refractivity contribution is 5.98. The first-order chi connectivity index (χ1) is 14.6. The van der Waals surface area contributed by atoms with Crippen LogP contribution in [0, 0.1) is 0 Å². The molecule has 4 rings (SSSR count). The molecule has 1 aromatic carbocycles. The van der Waals surface area contributed by atoms with Crippen LogP contribution < -0.4 is 10.2 Å². The van der Waals surface area contributed by atoms with Gasteiger partial charge in [-0.25, -0.2) is 0 Å². The predicted molar refractivity (Wildman–Crippen MR) is 112 cm³/mol. The molecule has 8 nitrogen and oxygen atoms in total. The molecule has 0 bridgehead atoms. The van der Waals surface area contributed by atoms with Gasteiger partial charge in [0.05, 0.1) is 6.42 Å². The van der Waals surface area contributed by atoms with Crippen molar-refractivity contribution in [2.45, 2.75) is 12.5 Å². The van der Waals surface area contributed by atoms with Crippen LogP contribution in [-0.4, -0.2) is 77.8 Å². The van der Waals surface area contributed by atoms with Gasteiger partial charge in [-0.2, -0.15) is 0 Å². The molecule has 2 aromatic rings. The SMILES string of the molecule is O=C1NCCN(C(=O)c2ccccn2)[C@H]1CC(=O)N1CCN(c2ccccc2)CC1. The summed E-state index contributed by atoms with van der Waals surface area (Å²) >= 11 is 0. The molecule has 2 saturated heterocycles. The van der Waals surface area contributed by atoms with E-state index >= 15 is 0 Å². The van der Waals surface area contributed by atoms with Crippen molar-refractivity contribution in [2.24, 2.45) is 0 Å². The molecule has 30 heavy (non-hydrogen) atoms. The summed E-state index contributed by atoms with van der Waals surface area (Å²) in [4.78, 5) is 47.9. The molecule has 1 aromatic heterocycles. The summed E-state index contributed by atoms with van der Waals surface area (Å²) in [6.45, 7) is 3.40.